The van der Waals surface area contributed by atoms with Gasteiger partial charge in [-0.15, -0.1) is 0 Å². The summed E-state index contributed by atoms with van der Waals surface area (Å²) in [5, 5.41) is 2.93. The van der Waals surface area contributed by atoms with Crippen LogP contribution in [0.15, 0.2) is 47.8 Å². The van der Waals surface area contributed by atoms with E-state index in [1.54, 1.807) is 18.6 Å². The van der Waals surface area contributed by atoms with Crippen LogP contribution in [0.1, 0.15) is 0 Å². The minimum atomic E-state index is 0.548. The number of fused-ring (bicyclic) bond motifs is 1. The van der Waals surface area contributed by atoms with Crippen molar-refractivity contribution in [2.75, 3.05) is 12.1 Å². The van der Waals surface area contributed by atoms with E-state index in [1.807, 2.05) is 35.5 Å². The van der Waals surface area contributed by atoms with E-state index in [1.165, 1.54) is 0 Å². The van der Waals surface area contributed by atoms with Crippen LogP contribution in [0, 0.1) is 0 Å². The Morgan fingerprint density at radius 2 is 2.00 bits per heavy atom. The molecule has 5 nitrogen and oxygen atoms in total. The Morgan fingerprint density at radius 1 is 1.12 bits per heavy atom. The first-order valence-corrected chi connectivity index (χ1v) is 5.32. The number of rotatable bonds is 2. The molecule has 17 heavy (non-hydrogen) atoms. The van der Waals surface area contributed by atoms with Crippen LogP contribution in [0.25, 0.3) is 6.20 Å². The summed E-state index contributed by atoms with van der Waals surface area (Å²) in [6.07, 6.45) is 7.25. The van der Waals surface area contributed by atoms with E-state index in [-0.39, 0.29) is 0 Å². The Morgan fingerprint density at radius 3 is 2.88 bits per heavy atom. The van der Waals surface area contributed by atoms with E-state index >= 15 is 0 Å². The second-order valence-corrected chi connectivity index (χ2v) is 3.66. The Hall–Kier alpha value is -2.43. The summed E-state index contributed by atoms with van der Waals surface area (Å²) in [7, 11) is 0. The van der Waals surface area contributed by atoms with E-state index < -0.39 is 0 Å². The second-order valence-electron chi connectivity index (χ2n) is 3.66. The molecule has 2 aromatic heterocycles. The summed E-state index contributed by atoms with van der Waals surface area (Å²) >= 11 is 0. The van der Waals surface area contributed by atoms with Gasteiger partial charge in [0, 0.05) is 30.0 Å². The van der Waals surface area contributed by atoms with Gasteiger partial charge in [0.2, 0.25) is 0 Å². The van der Waals surface area contributed by atoms with E-state index in [2.05, 4.69) is 20.4 Å². The summed E-state index contributed by atoms with van der Waals surface area (Å²) in [5.74, 6) is 0. The summed E-state index contributed by atoms with van der Waals surface area (Å²) in [6, 6.07) is 7.71. The van der Waals surface area contributed by atoms with Gasteiger partial charge in [0.05, 0.1) is 5.69 Å². The molecule has 1 aliphatic heterocycles. The van der Waals surface area contributed by atoms with Crippen LogP contribution < -0.4 is 16.1 Å². The molecule has 5 heteroatoms. The lowest BCUT2D eigenvalue weighted by atomic mass is 10.4. The van der Waals surface area contributed by atoms with Crippen LogP contribution in [-0.2, 0) is 0 Å². The third-order valence-corrected chi connectivity index (χ3v) is 2.44. The predicted octanol–water partition coefficient (Wildman–Crippen LogP) is 0.134. The highest BCUT2D eigenvalue weighted by atomic mass is 15.5. The number of nitrogens with one attached hydrogen (secondary N) is 1. The summed E-state index contributed by atoms with van der Waals surface area (Å²) < 4.78 is 0. The molecule has 0 unspecified atom stereocenters. The van der Waals surface area contributed by atoms with Crippen molar-refractivity contribution in [2.24, 2.45) is 4.99 Å². The first-order valence-electron chi connectivity index (χ1n) is 5.32. The molecule has 0 radical (unpaired) electrons. The van der Waals surface area contributed by atoms with Crippen molar-refractivity contribution in [2.45, 2.75) is 0 Å². The first-order chi connectivity index (χ1) is 8.42. The third-order valence-electron chi connectivity index (χ3n) is 2.44. The molecule has 1 aliphatic rings. The largest absolute Gasteiger partial charge is 0.297 e. The molecule has 0 amide bonds. The molecule has 1 N–H and O–H groups in total. The number of aromatic nitrogens is 2. The van der Waals surface area contributed by atoms with Crippen LogP contribution in [-0.4, -0.2) is 21.6 Å². The summed E-state index contributed by atoms with van der Waals surface area (Å²) in [6.45, 7) is 0.548. The van der Waals surface area contributed by atoms with Crippen molar-refractivity contribution in [3.05, 3.63) is 53.6 Å². The van der Waals surface area contributed by atoms with Crippen molar-refractivity contribution in [1.82, 2.24) is 15.0 Å². The standard InChI is InChI=1S/C12H11N5/c1-2-10-8-17(9-15-12(10)14-5-1)16-11-3-6-13-7-4-11/h1-8H,9H2,(H,13,16). The molecular formula is C12H11N5. The molecule has 3 heterocycles. The van der Waals surface area contributed by atoms with Gasteiger partial charge in [-0.3, -0.25) is 15.4 Å². The Labute approximate surface area is 98.1 Å². The molecule has 0 aliphatic carbocycles. The number of nitrogens with zero attached hydrogens (tertiary/aromatic N) is 4. The van der Waals surface area contributed by atoms with Crippen LogP contribution in [0.3, 0.4) is 0 Å². The fourth-order valence-corrected chi connectivity index (χ4v) is 1.65. The number of hydrogen-bond donors (Lipinski definition) is 1. The van der Waals surface area contributed by atoms with Crippen molar-refractivity contribution in [3.63, 3.8) is 0 Å². The molecular weight excluding hydrogens is 214 g/mol. The molecule has 2 aromatic rings. The van der Waals surface area contributed by atoms with Crippen LogP contribution in [0.5, 0.6) is 0 Å². The molecule has 0 bridgehead atoms. The van der Waals surface area contributed by atoms with Crippen molar-refractivity contribution in [3.8, 4) is 0 Å². The van der Waals surface area contributed by atoms with Crippen molar-refractivity contribution in [1.29, 1.82) is 0 Å². The predicted molar refractivity (Wildman–Crippen MR) is 64.0 cm³/mol. The van der Waals surface area contributed by atoms with E-state index in [0.29, 0.717) is 6.67 Å². The zero-order chi connectivity index (χ0) is 11.5. The average molecular weight is 225 g/mol. The average Bonchev–Trinajstić information content (AvgIpc) is 2.40. The van der Waals surface area contributed by atoms with Crippen LogP contribution in [0.2, 0.25) is 0 Å². The molecule has 0 aromatic carbocycles. The van der Waals surface area contributed by atoms with Crippen molar-refractivity contribution >= 4 is 11.9 Å². The smallest absolute Gasteiger partial charge is 0.157 e. The molecule has 0 fully saturated rings. The first kappa shape index (κ1) is 9.77. The summed E-state index contributed by atoms with van der Waals surface area (Å²) in [4.78, 5) is 12.5. The second kappa shape index (κ2) is 4.21. The molecule has 0 atom stereocenters. The maximum absolute atomic E-state index is 4.38. The van der Waals surface area contributed by atoms with E-state index in [9.17, 15) is 0 Å². The van der Waals surface area contributed by atoms with E-state index in [4.69, 9.17) is 0 Å². The van der Waals surface area contributed by atoms with Gasteiger partial charge in [-0.1, -0.05) is 0 Å². The van der Waals surface area contributed by atoms with E-state index in [0.717, 1.165) is 16.4 Å². The number of hydrogen-bond acceptors (Lipinski definition) is 5. The van der Waals surface area contributed by atoms with Gasteiger partial charge in [0.15, 0.2) is 5.49 Å². The maximum atomic E-state index is 4.38. The molecule has 3 rings (SSSR count). The number of pyridine rings is 2. The fraction of sp³-hybridized carbons (Fsp3) is 0.0833. The molecule has 84 valence electrons. The lowest BCUT2D eigenvalue weighted by molar-refractivity contribution is 0.486. The zero-order valence-electron chi connectivity index (χ0n) is 9.11. The van der Waals surface area contributed by atoms with Gasteiger partial charge in [0.1, 0.15) is 6.67 Å². The lowest BCUT2D eigenvalue weighted by Gasteiger charge is -2.22. The Balaban J connectivity index is 1.87. The topological polar surface area (TPSA) is 53.4 Å². The fourth-order valence-electron chi connectivity index (χ4n) is 1.65. The highest BCUT2D eigenvalue weighted by Gasteiger charge is 2.03. The monoisotopic (exact) mass is 225 g/mol. The van der Waals surface area contributed by atoms with Gasteiger partial charge in [-0.05, 0) is 24.3 Å². The van der Waals surface area contributed by atoms with Gasteiger partial charge < -0.3 is 0 Å². The normalized spacial score (nSPS) is 13.3. The minimum Gasteiger partial charge on any atom is -0.297 e. The third kappa shape index (κ3) is 2.08. The molecule has 0 saturated heterocycles. The lowest BCUT2D eigenvalue weighted by Crippen LogP contribution is -2.39. The zero-order valence-corrected chi connectivity index (χ0v) is 9.11. The Kier molecular flexibility index (Phi) is 2.42. The molecule has 0 spiro atoms. The van der Waals surface area contributed by atoms with Crippen LogP contribution in [0.4, 0.5) is 5.69 Å². The Bertz CT molecular complexity index is 623. The number of anilines is 1. The maximum Gasteiger partial charge on any atom is 0.157 e. The highest BCUT2D eigenvalue weighted by molar-refractivity contribution is 5.42. The minimum absolute atomic E-state index is 0.548. The quantitative estimate of drug-likeness (QED) is 0.789. The highest BCUT2D eigenvalue weighted by Crippen LogP contribution is 2.05. The van der Waals surface area contributed by atoms with Gasteiger partial charge >= 0.3 is 0 Å². The SMILES string of the molecule is C1=c2cccnc2=NCN1Nc1ccncc1. The summed E-state index contributed by atoms with van der Waals surface area (Å²) in [5.41, 5.74) is 5.01. The van der Waals surface area contributed by atoms with Gasteiger partial charge in [-0.2, -0.15) is 0 Å². The number of hydrazine groups is 1. The van der Waals surface area contributed by atoms with Crippen molar-refractivity contribution < 1.29 is 0 Å². The van der Waals surface area contributed by atoms with Gasteiger partial charge in [0.25, 0.3) is 0 Å². The molecule has 0 saturated carbocycles. The van der Waals surface area contributed by atoms with Gasteiger partial charge in [-0.25, -0.2) is 9.98 Å². The van der Waals surface area contributed by atoms with Crippen LogP contribution >= 0.6 is 0 Å².